The van der Waals surface area contributed by atoms with Gasteiger partial charge in [0.25, 0.3) is 0 Å². The molecule has 1 atom stereocenters. The summed E-state index contributed by atoms with van der Waals surface area (Å²) in [6.07, 6.45) is 7.20. The van der Waals surface area contributed by atoms with Crippen molar-refractivity contribution in [2.75, 3.05) is 0 Å². The lowest BCUT2D eigenvalue weighted by atomic mass is 9.84. The molecule has 0 N–H and O–H groups in total. The summed E-state index contributed by atoms with van der Waals surface area (Å²) in [5.74, 6) is 0.349. The molecule has 0 aromatic heterocycles. The van der Waals surface area contributed by atoms with E-state index in [1.807, 2.05) is 24.3 Å². The van der Waals surface area contributed by atoms with Crippen LogP contribution in [0.5, 0.6) is 0 Å². The van der Waals surface area contributed by atoms with Gasteiger partial charge < -0.3 is 4.74 Å². The van der Waals surface area contributed by atoms with E-state index in [0.29, 0.717) is 11.5 Å². The van der Waals surface area contributed by atoms with Crippen LogP contribution in [0.3, 0.4) is 0 Å². The molecule has 1 fully saturated rings. The first kappa shape index (κ1) is 17.7. The van der Waals surface area contributed by atoms with E-state index in [9.17, 15) is 4.79 Å². The van der Waals surface area contributed by atoms with Crippen molar-refractivity contribution in [1.29, 1.82) is 0 Å². The van der Waals surface area contributed by atoms with Gasteiger partial charge in [-0.1, -0.05) is 68.1 Å². The Labute approximate surface area is 151 Å². The molecule has 132 valence electrons. The second-order valence-corrected chi connectivity index (χ2v) is 7.19. The summed E-state index contributed by atoms with van der Waals surface area (Å²) in [5.41, 5.74) is 4.18. The summed E-state index contributed by atoms with van der Waals surface area (Å²) in [6, 6.07) is 16.2. The van der Waals surface area contributed by atoms with Gasteiger partial charge in [-0.15, -0.1) is 0 Å². The van der Waals surface area contributed by atoms with E-state index >= 15 is 0 Å². The van der Waals surface area contributed by atoms with Gasteiger partial charge in [-0.05, 0) is 55.4 Å². The number of rotatable bonds is 5. The average molecular weight is 336 g/mol. The van der Waals surface area contributed by atoms with Gasteiger partial charge in [0.1, 0.15) is 6.10 Å². The van der Waals surface area contributed by atoms with Gasteiger partial charge >= 0.3 is 5.97 Å². The highest BCUT2D eigenvalue weighted by molar-refractivity contribution is 5.90. The van der Waals surface area contributed by atoms with Crippen molar-refractivity contribution in [2.24, 2.45) is 5.92 Å². The van der Waals surface area contributed by atoms with Crippen LogP contribution in [0.2, 0.25) is 0 Å². The summed E-state index contributed by atoms with van der Waals surface area (Å²) in [4.78, 5) is 12.5. The molecule has 2 nitrogen and oxygen atoms in total. The van der Waals surface area contributed by atoms with Gasteiger partial charge in [-0.25, -0.2) is 4.79 Å². The van der Waals surface area contributed by atoms with Crippen LogP contribution in [-0.4, -0.2) is 12.1 Å². The van der Waals surface area contributed by atoms with Crippen LogP contribution in [-0.2, 0) is 4.74 Å². The fourth-order valence-corrected chi connectivity index (χ4v) is 3.77. The summed E-state index contributed by atoms with van der Waals surface area (Å²) in [7, 11) is 0. The number of aryl methyl sites for hydroxylation is 1. The van der Waals surface area contributed by atoms with Gasteiger partial charge in [-0.2, -0.15) is 0 Å². The van der Waals surface area contributed by atoms with Crippen molar-refractivity contribution in [3.63, 3.8) is 0 Å². The largest absolute Gasteiger partial charge is 0.459 e. The van der Waals surface area contributed by atoms with Crippen molar-refractivity contribution >= 4 is 5.97 Å². The van der Waals surface area contributed by atoms with Crippen molar-refractivity contribution in [1.82, 2.24) is 0 Å². The predicted octanol–water partition coefficient (Wildman–Crippen LogP) is 6.18. The van der Waals surface area contributed by atoms with Gasteiger partial charge in [-0.3, -0.25) is 0 Å². The maximum absolute atomic E-state index is 12.5. The second kappa shape index (κ2) is 8.33. The number of carbonyl (C=O) groups excluding carboxylic acids is 1. The van der Waals surface area contributed by atoms with Crippen LogP contribution in [0, 0.1) is 12.8 Å². The highest BCUT2D eigenvalue weighted by Gasteiger charge is 2.25. The van der Waals surface area contributed by atoms with Crippen LogP contribution in [0.1, 0.15) is 61.4 Å². The third-order valence-corrected chi connectivity index (χ3v) is 5.34. The number of esters is 1. The molecule has 2 heteroatoms. The summed E-state index contributed by atoms with van der Waals surface area (Å²) in [5, 5.41) is 0. The number of ether oxygens (including phenoxy) is 1. The Balaban J connectivity index is 1.66. The highest BCUT2D eigenvalue weighted by Crippen LogP contribution is 2.30. The first-order valence-corrected chi connectivity index (χ1v) is 9.55. The van der Waals surface area contributed by atoms with Crippen molar-refractivity contribution in [3.05, 3.63) is 59.7 Å². The van der Waals surface area contributed by atoms with E-state index in [1.165, 1.54) is 43.2 Å². The van der Waals surface area contributed by atoms with Crippen molar-refractivity contribution < 1.29 is 9.53 Å². The van der Waals surface area contributed by atoms with E-state index in [0.717, 1.165) is 12.0 Å². The highest BCUT2D eigenvalue weighted by atomic mass is 16.5. The molecule has 1 saturated carbocycles. The Hall–Kier alpha value is -2.09. The van der Waals surface area contributed by atoms with Crippen molar-refractivity contribution in [2.45, 2.75) is 58.5 Å². The lowest BCUT2D eigenvalue weighted by molar-refractivity contribution is 0.00646. The molecule has 0 spiro atoms. The van der Waals surface area contributed by atoms with Gasteiger partial charge in [0.2, 0.25) is 0 Å². The molecule has 2 aromatic rings. The monoisotopic (exact) mass is 336 g/mol. The Morgan fingerprint density at radius 3 is 2.08 bits per heavy atom. The SMILES string of the molecule is CCC(OC(=O)c1ccc(-c2ccc(C)cc2)cc1)C1CCCCC1. The van der Waals surface area contributed by atoms with Gasteiger partial charge in [0.15, 0.2) is 0 Å². The zero-order valence-corrected chi connectivity index (χ0v) is 15.3. The molecule has 2 aromatic carbocycles. The third-order valence-electron chi connectivity index (χ3n) is 5.34. The predicted molar refractivity (Wildman–Crippen MR) is 103 cm³/mol. The van der Waals surface area contributed by atoms with E-state index in [2.05, 4.69) is 38.1 Å². The molecule has 0 saturated heterocycles. The lowest BCUT2D eigenvalue weighted by Crippen LogP contribution is -2.28. The normalized spacial score (nSPS) is 16.4. The number of benzene rings is 2. The van der Waals surface area contributed by atoms with Crippen LogP contribution < -0.4 is 0 Å². The molecule has 0 bridgehead atoms. The molecular formula is C23H28O2. The molecule has 1 unspecified atom stereocenters. The minimum atomic E-state index is -0.187. The minimum absolute atomic E-state index is 0.0598. The molecule has 0 heterocycles. The molecule has 1 aliphatic rings. The fraction of sp³-hybridized carbons (Fsp3) is 0.435. The van der Waals surface area contributed by atoms with Gasteiger partial charge in [0.05, 0.1) is 5.56 Å². The molecular weight excluding hydrogens is 308 g/mol. The van der Waals surface area contributed by atoms with E-state index in [-0.39, 0.29) is 12.1 Å². The standard InChI is InChI=1S/C23H28O2/c1-3-22(20-7-5-4-6-8-20)25-23(24)21-15-13-19(14-16-21)18-11-9-17(2)10-12-18/h9-16,20,22H,3-8H2,1-2H3. The molecule has 1 aliphatic carbocycles. The molecule has 0 radical (unpaired) electrons. The summed E-state index contributed by atoms with van der Waals surface area (Å²) >= 11 is 0. The molecule has 0 aliphatic heterocycles. The Morgan fingerprint density at radius 1 is 0.960 bits per heavy atom. The zero-order chi connectivity index (χ0) is 17.6. The average Bonchev–Trinajstić information content (AvgIpc) is 2.67. The zero-order valence-electron chi connectivity index (χ0n) is 15.3. The third kappa shape index (κ3) is 4.50. The minimum Gasteiger partial charge on any atom is -0.459 e. The Morgan fingerprint density at radius 2 is 1.52 bits per heavy atom. The quantitative estimate of drug-likeness (QED) is 0.610. The van der Waals surface area contributed by atoms with Crippen LogP contribution in [0.4, 0.5) is 0 Å². The van der Waals surface area contributed by atoms with Crippen LogP contribution >= 0.6 is 0 Å². The maximum atomic E-state index is 12.5. The van der Waals surface area contributed by atoms with Gasteiger partial charge in [0, 0.05) is 0 Å². The van der Waals surface area contributed by atoms with E-state index in [4.69, 9.17) is 4.74 Å². The van der Waals surface area contributed by atoms with E-state index in [1.54, 1.807) is 0 Å². The second-order valence-electron chi connectivity index (χ2n) is 7.19. The molecule has 25 heavy (non-hydrogen) atoms. The number of carbonyl (C=O) groups is 1. The van der Waals surface area contributed by atoms with Crippen molar-refractivity contribution in [3.8, 4) is 11.1 Å². The maximum Gasteiger partial charge on any atom is 0.338 e. The topological polar surface area (TPSA) is 26.3 Å². The number of hydrogen-bond acceptors (Lipinski definition) is 2. The summed E-state index contributed by atoms with van der Waals surface area (Å²) in [6.45, 7) is 4.20. The smallest absolute Gasteiger partial charge is 0.338 e. The number of hydrogen-bond donors (Lipinski definition) is 0. The van der Waals surface area contributed by atoms with Crippen LogP contribution in [0.25, 0.3) is 11.1 Å². The molecule has 0 amide bonds. The summed E-state index contributed by atoms with van der Waals surface area (Å²) < 4.78 is 5.85. The fourth-order valence-electron chi connectivity index (χ4n) is 3.77. The lowest BCUT2D eigenvalue weighted by Gasteiger charge is -2.29. The first-order valence-electron chi connectivity index (χ1n) is 9.55. The van der Waals surface area contributed by atoms with E-state index < -0.39 is 0 Å². The first-order chi connectivity index (χ1) is 12.2. The van der Waals surface area contributed by atoms with Crippen LogP contribution in [0.15, 0.2) is 48.5 Å². The Kier molecular flexibility index (Phi) is 5.91. The Bertz CT molecular complexity index is 679. The molecule has 3 rings (SSSR count).